The average molecular weight is 1050 g/mol. The van der Waals surface area contributed by atoms with Crippen molar-refractivity contribution in [2.24, 2.45) is 34.5 Å². The smallest absolute Gasteiger partial charge is 0.267 e. The highest BCUT2D eigenvalue weighted by molar-refractivity contribution is 6.40. The number of nitrogens with two attached hydrogens (primary N) is 1. The van der Waals surface area contributed by atoms with Crippen molar-refractivity contribution in [2.45, 2.75) is 182 Å². The minimum Gasteiger partial charge on any atom is -0.497 e. The Labute approximate surface area is 441 Å². The van der Waals surface area contributed by atoms with Gasteiger partial charge in [0.2, 0.25) is 53.2 Å². The van der Waals surface area contributed by atoms with E-state index in [0.717, 1.165) is 0 Å². The number of nitrogens with zero attached hydrogens (tertiary/aromatic N) is 2. The molecule has 2 heterocycles. The lowest BCUT2D eigenvalue weighted by Gasteiger charge is -2.32. The number of anilines is 1. The SMILES string of the molecule is COc1ccc(N2N=C3CC2C(=O)NCCCCC(NC(=O)C(NC(C)=O)C(C)C)C(=O)NC(CC(C)C)C(=O)NC(C)(C)C(=O)NC(C(C)C)C(=O)NC(C(=O)NC(CC(C)C)C(N)=O)CCCCNC3=O)cc1. The van der Waals surface area contributed by atoms with Crippen molar-refractivity contribution in [3.8, 4) is 5.75 Å². The zero-order valence-electron chi connectivity index (χ0n) is 45.9. The van der Waals surface area contributed by atoms with Gasteiger partial charge in [-0.15, -0.1) is 0 Å². The molecule has 7 unspecified atom stereocenters. The molecule has 0 saturated carbocycles. The van der Waals surface area contributed by atoms with E-state index >= 15 is 0 Å². The standard InChI is InChI=1S/C52H84N12O11/c1-28(2)25-37(43(53)66)59-45(68)35-17-13-15-23-54-44(67)39-27-40(64(63-39)33-19-21-34(75-12)22-20-33)48(71)55-24-16-14-18-36(57-49(72)41(30(5)6)56-32(9)65)46(69)60-38(26-29(3)4)47(70)62-52(10,11)51(74)61-42(31(7)8)50(73)58-35/h19-22,28-31,35-38,40-42H,13-18,23-27H2,1-12H3,(H2,53,66)(H,54,67)(H,55,71)(H,56,65)(H,57,72)(H,58,73)(H,59,68)(H,60,69)(H,61,74)(H,62,70). The van der Waals surface area contributed by atoms with Gasteiger partial charge in [-0.3, -0.25) is 53.0 Å². The summed E-state index contributed by atoms with van der Waals surface area (Å²) in [6.07, 6.45) is 1.70. The Bertz CT molecular complexity index is 2210. The Morgan fingerprint density at radius 3 is 1.97 bits per heavy atom. The molecule has 1 aromatic carbocycles. The van der Waals surface area contributed by atoms with Gasteiger partial charge in [-0.2, -0.15) is 5.10 Å². The second kappa shape index (κ2) is 29.3. The Balaban J connectivity index is 2.06. The van der Waals surface area contributed by atoms with Crippen LogP contribution in [-0.4, -0.2) is 133 Å². The molecule has 2 bridgehead atoms. The minimum absolute atomic E-state index is 0.0200. The average Bonchev–Trinajstić information content (AvgIpc) is 3.78. The first kappa shape index (κ1) is 62.5. The summed E-state index contributed by atoms with van der Waals surface area (Å²) in [5.41, 5.74) is 4.59. The van der Waals surface area contributed by atoms with Gasteiger partial charge in [-0.25, -0.2) is 0 Å². The van der Waals surface area contributed by atoms with Crippen LogP contribution in [0.2, 0.25) is 0 Å². The number of primary amides is 1. The molecule has 23 nitrogen and oxygen atoms in total. The van der Waals surface area contributed by atoms with Crippen LogP contribution in [0.4, 0.5) is 5.69 Å². The molecule has 3 rings (SSSR count). The topological polar surface area (TPSA) is 330 Å². The fourth-order valence-electron chi connectivity index (χ4n) is 8.49. The first-order valence-electron chi connectivity index (χ1n) is 26.1. The fourth-order valence-corrected chi connectivity index (χ4v) is 8.49. The number of fused-ring (bicyclic) bond motifs is 2. The lowest BCUT2D eigenvalue weighted by atomic mass is 9.97. The van der Waals surface area contributed by atoms with Crippen LogP contribution in [0.25, 0.3) is 0 Å². The van der Waals surface area contributed by atoms with Crippen molar-refractivity contribution >= 4 is 70.5 Å². The van der Waals surface area contributed by atoms with E-state index in [1.807, 2.05) is 27.7 Å². The predicted octanol–water partition coefficient (Wildman–Crippen LogP) is 0.929. The maximum Gasteiger partial charge on any atom is 0.267 e. The van der Waals surface area contributed by atoms with Gasteiger partial charge >= 0.3 is 0 Å². The molecule has 1 aromatic rings. The summed E-state index contributed by atoms with van der Waals surface area (Å²) in [6, 6.07) is -1.02. The van der Waals surface area contributed by atoms with Crippen molar-refractivity contribution in [1.29, 1.82) is 0 Å². The van der Waals surface area contributed by atoms with Gasteiger partial charge in [0.25, 0.3) is 5.91 Å². The lowest BCUT2D eigenvalue weighted by molar-refractivity contribution is -0.138. The number of benzene rings is 1. The van der Waals surface area contributed by atoms with Gasteiger partial charge in [0.1, 0.15) is 59.3 Å². The number of nitrogens with one attached hydrogen (secondary N) is 9. The molecular formula is C52H84N12O11. The number of ether oxygens (including phenoxy) is 1. The van der Waals surface area contributed by atoms with Crippen molar-refractivity contribution in [3.63, 3.8) is 0 Å². The summed E-state index contributed by atoms with van der Waals surface area (Å²) < 4.78 is 5.31. The van der Waals surface area contributed by atoms with Crippen LogP contribution in [0.3, 0.4) is 0 Å². The van der Waals surface area contributed by atoms with Gasteiger partial charge in [0, 0.05) is 26.4 Å². The second-order valence-corrected chi connectivity index (χ2v) is 21.5. The predicted molar refractivity (Wildman–Crippen MR) is 282 cm³/mol. The first-order valence-corrected chi connectivity index (χ1v) is 26.1. The van der Waals surface area contributed by atoms with Crippen molar-refractivity contribution < 1.29 is 52.7 Å². The highest BCUT2D eigenvalue weighted by Crippen LogP contribution is 2.27. The Morgan fingerprint density at radius 2 is 1.41 bits per heavy atom. The number of hydrogen-bond acceptors (Lipinski definition) is 13. The van der Waals surface area contributed by atoms with Gasteiger partial charge in [-0.05, 0) is 113 Å². The third-order valence-electron chi connectivity index (χ3n) is 12.8. The maximum atomic E-state index is 14.3. The highest BCUT2D eigenvalue weighted by Gasteiger charge is 2.39. The molecule has 2 aliphatic rings. The summed E-state index contributed by atoms with van der Waals surface area (Å²) in [7, 11) is 1.52. The quantitative estimate of drug-likeness (QED) is 0.125. The monoisotopic (exact) mass is 1050 g/mol. The normalized spacial score (nSPS) is 23.0. The highest BCUT2D eigenvalue weighted by atomic mass is 16.5. The number of rotatable bonds is 14. The molecule has 0 radical (unpaired) electrons. The van der Waals surface area contributed by atoms with Crippen LogP contribution in [0.5, 0.6) is 5.75 Å². The number of hydrazone groups is 1. The zero-order chi connectivity index (χ0) is 56.3. The molecule has 1 fully saturated rings. The van der Waals surface area contributed by atoms with E-state index < -0.39 is 113 Å². The molecule has 2 aliphatic heterocycles. The summed E-state index contributed by atoms with van der Waals surface area (Å²) in [5, 5.41) is 30.8. The Kier molecular flexibility index (Phi) is 24.4. The molecule has 0 spiro atoms. The number of hydrogen-bond donors (Lipinski definition) is 10. The summed E-state index contributed by atoms with van der Waals surface area (Å²) >= 11 is 0. The molecule has 0 aromatic heterocycles. The van der Waals surface area contributed by atoms with Gasteiger partial charge in [0.15, 0.2) is 0 Å². The molecule has 0 aliphatic carbocycles. The maximum absolute atomic E-state index is 14.3. The fraction of sp³-hybridized carbons (Fsp3) is 0.673. The van der Waals surface area contributed by atoms with E-state index in [4.69, 9.17) is 10.5 Å². The third-order valence-corrected chi connectivity index (χ3v) is 12.8. The van der Waals surface area contributed by atoms with Crippen LogP contribution in [0, 0.1) is 23.7 Å². The van der Waals surface area contributed by atoms with E-state index in [1.54, 1.807) is 52.0 Å². The summed E-state index contributed by atoms with van der Waals surface area (Å²) in [4.78, 5) is 136. The van der Waals surface area contributed by atoms with Crippen LogP contribution in [-0.2, 0) is 47.9 Å². The van der Waals surface area contributed by atoms with Crippen LogP contribution in [0.15, 0.2) is 29.4 Å². The van der Waals surface area contributed by atoms with Gasteiger partial charge < -0.3 is 58.3 Å². The Hall–Kier alpha value is -6.81. The summed E-state index contributed by atoms with van der Waals surface area (Å²) in [6.45, 7) is 18.6. The van der Waals surface area contributed by atoms with Crippen molar-refractivity contribution in [3.05, 3.63) is 24.3 Å². The molecule has 7 atom stereocenters. The first-order chi connectivity index (χ1) is 35.1. The zero-order valence-corrected chi connectivity index (χ0v) is 45.9. The number of methoxy groups -OCH3 is 1. The number of amides is 10. The number of carbonyl (C=O) groups excluding carboxylic acids is 10. The lowest BCUT2D eigenvalue weighted by Crippen LogP contribution is -2.64. The van der Waals surface area contributed by atoms with E-state index in [-0.39, 0.29) is 68.7 Å². The van der Waals surface area contributed by atoms with Crippen molar-refractivity contribution in [1.82, 2.24) is 47.9 Å². The number of carbonyl (C=O) groups is 10. The molecule has 75 heavy (non-hydrogen) atoms. The van der Waals surface area contributed by atoms with E-state index in [2.05, 4.69) is 53.0 Å². The van der Waals surface area contributed by atoms with Gasteiger partial charge in [0.05, 0.1) is 12.8 Å². The molecule has 1 saturated heterocycles. The molecule has 10 amide bonds. The van der Waals surface area contributed by atoms with Crippen LogP contribution in [0.1, 0.15) is 134 Å². The van der Waals surface area contributed by atoms with Crippen molar-refractivity contribution in [2.75, 3.05) is 25.2 Å². The molecule has 418 valence electrons. The largest absolute Gasteiger partial charge is 0.497 e. The molecular weight excluding hydrogens is 969 g/mol. The molecule has 11 N–H and O–H groups in total. The Morgan fingerprint density at radius 1 is 0.787 bits per heavy atom. The van der Waals surface area contributed by atoms with E-state index in [1.165, 1.54) is 32.9 Å². The van der Waals surface area contributed by atoms with Crippen LogP contribution < -0.4 is 63.3 Å². The van der Waals surface area contributed by atoms with Gasteiger partial charge in [-0.1, -0.05) is 55.4 Å². The minimum atomic E-state index is -1.67. The second-order valence-electron chi connectivity index (χ2n) is 21.5. The van der Waals surface area contributed by atoms with Crippen LogP contribution >= 0.6 is 0 Å². The van der Waals surface area contributed by atoms with E-state index in [9.17, 15) is 47.9 Å². The third kappa shape index (κ3) is 19.8. The summed E-state index contributed by atoms with van der Waals surface area (Å²) in [5.74, 6) is -6.88. The van der Waals surface area contributed by atoms with E-state index in [0.29, 0.717) is 37.1 Å². The molecule has 23 heteroatoms.